The standard InChI is InChI=1S/C23H22ClN3OS/c24-17-6-7-21-20(13-17)26-23(29-21)15-9-11-27(12-10-15)22(28)8-5-16-14-25-19-4-2-1-3-18(16)19/h1-4,6-7,13-15,25H,5,8-12H2. The van der Waals surface area contributed by atoms with E-state index in [1.165, 1.54) is 20.7 Å². The first kappa shape index (κ1) is 18.6. The van der Waals surface area contributed by atoms with Crippen molar-refractivity contribution in [3.8, 4) is 0 Å². The molecular formula is C23H22ClN3OS. The Labute approximate surface area is 178 Å². The van der Waals surface area contributed by atoms with Gasteiger partial charge in [-0.15, -0.1) is 11.3 Å². The quantitative estimate of drug-likeness (QED) is 0.453. The van der Waals surface area contributed by atoms with E-state index in [0.717, 1.165) is 48.4 Å². The van der Waals surface area contributed by atoms with Gasteiger partial charge in [-0.3, -0.25) is 4.79 Å². The molecule has 1 aliphatic heterocycles. The van der Waals surface area contributed by atoms with Crippen LogP contribution in [0.2, 0.25) is 5.02 Å². The summed E-state index contributed by atoms with van der Waals surface area (Å²) in [7, 11) is 0. The first-order chi connectivity index (χ1) is 14.2. The molecule has 1 fully saturated rings. The van der Waals surface area contributed by atoms with Gasteiger partial charge in [-0.2, -0.15) is 0 Å². The summed E-state index contributed by atoms with van der Waals surface area (Å²) >= 11 is 7.84. The number of benzene rings is 2. The van der Waals surface area contributed by atoms with Gasteiger partial charge < -0.3 is 9.88 Å². The van der Waals surface area contributed by atoms with E-state index in [-0.39, 0.29) is 5.91 Å². The summed E-state index contributed by atoms with van der Waals surface area (Å²) in [4.78, 5) is 22.8. The van der Waals surface area contributed by atoms with Crippen LogP contribution in [0.15, 0.2) is 48.7 Å². The van der Waals surface area contributed by atoms with E-state index in [1.54, 1.807) is 11.3 Å². The maximum Gasteiger partial charge on any atom is 0.222 e. The van der Waals surface area contributed by atoms with Crippen LogP contribution in [-0.4, -0.2) is 33.9 Å². The fourth-order valence-corrected chi connectivity index (χ4v) is 5.49. The minimum Gasteiger partial charge on any atom is -0.361 e. The first-order valence-electron chi connectivity index (χ1n) is 10.1. The van der Waals surface area contributed by atoms with E-state index in [0.29, 0.717) is 12.3 Å². The molecule has 0 radical (unpaired) electrons. The van der Waals surface area contributed by atoms with Crippen molar-refractivity contribution in [1.82, 2.24) is 14.9 Å². The highest BCUT2D eigenvalue weighted by Gasteiger charge is 2.26. The average molecular weight is 424 g/mol. The van der Waals surface area contributed by atoms with Crippen LogP contribution >= 0.6 is 22.9 Å². The molecule has 2 aromatic heterocycles. The Balaban J connectivity index is 1.19. The lowest BCUT2D eigenvalue weighted by Crippen LogP contribution is -2.38. The molecule has 1 amide bonds. The number of aryl methyl sites for hydroxylation is 1. The Morgan fingerprint density at radius 1 is 1.21 bits per heavy atom. The number of rotatable bonds is 4. The maximum atomic E-state index is 12.7. The molecule has 1 saturated heterocycles. The van der Waals surface area contributed by atoms with Gasteiger partial charge in [0.15, 0.2) is 0 Å². The average Bonchev–Trinajstić information content (AvgIpc) is 3.36. The van der Waals surface area contributed by atoms with Crippen molar-refractivity contribution in [3.63, 3.8) is 0 Å². The van der Waals surface area contributed by atoms with Gasteiger partial charge in [0.25, 0.3) is 0 Å². The number of likely N-dealkylation sites (tertiary alicyclic amines) is 1. The van der Waals surface area contributed by atoms with Crippen molar-refractivity contribution in [2.75, 3.05) is 13.1 Å². The number of thiazole rings is 1. The minimum atomic E-state index is 0.254. The lowest BCUT2D eigenvalue weighted by Gasteiger charge is -2.31. The highest BCUT2D eigenvalue weighted by Crippen LogP contribution is 2.35. The summed E-state index contributed by atoms with van der Waals surface area (Å²) < 4.78 is 1.18. The molecule has 3 heterocycles. The van der Waals surface area contributed by atoms with Crippen LogP contribution in [0.3, 0.4) is 0 Å². The van der Waals surface area contributed by atoms with Gasteiger partial charge in [-0.05, 0) is 49.1 Å². The van der Waals surface area contributed by atoms with Crippen LogP contribution in [0.5, 0.6) is 0 Å². The zero-order valence-electron chi connectivity index (χ0n) is 16.0. The Bertz CT molecular complexity index is 1170. The number of carbonyl (C=O) groups is 1. The summed E-state index contributed by atoms with van der Waals surface area (Å²) in [6, 6.07) is 14.1. The molecule has 148 valence electrons. The second kappa shape index (κ2) is 7.81. The largest absolute Gasteiger partial charge is 0.361 e. The number of nitrogens with one attached hydrogen (secondary N) is 1. The molecule has 0 spiro atoms. The number of para-hydroxylation sites is 1. The Hall–Kier alpha value is -2.37. The van der Waals surface area contributed by atoms with E-state index < -0.39 is 0 Å². The van der Waals surface area contributed by atoms with Gasteiger partial charge in [-0.1, -0.05) is 29.8 Å². The van der Waals surface area contributed by atoms with E-state index in [1.807, 2.05) is 41.4 Å². The molecule has 5 rings (SSSR count). The normalized spacial score (nSPS) is 15.4. The lowest BCUT2D eigenvalue weighted by molar-refractivity contribution is -0.132. The molecule has 0 aliphatic carbocycles. The van der Waals surface area contributed by atoms with Crippen LogP contribution in [-0.2, 0) is 11.2 Å². The number of H-pyrrole nitrogens is 1. The van der Waals surface area contributed by atoms with Crippen molar-refractivity contribution < 1.29 is 4.79 Å². The Morgan fingerprint density at radius 2 is 2.03 bits per heavy atom. The number of hydrogen-bond donors (Lipinski definition) is 1. The summed E-state index contributed by atoms with van der Waals surface area (Å²) in [5, 5.41) is 3.12. The van der Waals surface area contributed by atoms with Crippen molar-refractivity contribution in [3.05, 3.63) is 64.3 Å². The molecule has 4 aromatic rings. The van der Waals surface area contributed by atoms with Gasteiger partial charge in [0.05, 0.1) is 15.2 Å². The van der Waals surface area contributed by atoms with Crippen molar-refractivity contribution in [2.24, 2.45) is 0 Å². The van der Waals surface area contributed by atoms with Crippen molar-refractivity contribution in [1.29, 1.82) is 0 Å². The highest BCUT2D eigenvalue weighted by atomic mass is 35.5. The number of halogens is 1. The monoisotopic (exact) mass is 423 g/mol. The number of nitrogens with zero attached hydrogens (tertiary/aromatic N) is 2. The molecule has 6 heteroatoms. The minimum absolute atomic E-state index is 0.254. The maximum absolute atomic E-state index is 12.7. The van der Waals surface area contributed by atoms with Gasteiger partial charge >= 0.3 is 0 Å². The first-order valence-corrected chi connectivity index (χ1v) is 11.3. The van der Waals surface area contributed by atoms with Crippen LogP contribution in [0, 0.1) is 0 Å². The molecule has 0 bridgehead atoms. The summed E-state index contributed by atoms with van der Waals surface area (Å²) in [6.45, 7) is 1.63. The number of carbonyl (C=O) groups excluding carboxylic acids is 1. The molecule has 2 aromatic carbocycles. The van der Waals surface area contributed by atoms with E-state index >= 15 is 0 Å². The van der Waals surface area contributed by atoms with Crippen LogP contribution in [0.25, 0.3) is 21.1 Å². The van der Waals surface area contributed by atoms with Crippen LogP contribution < -0.4 is 0 Å². The zero-order valence-corrected chi connectivity index (χ0v) is 17.6. The third-order valence-corrected chi connectivity index (χ3v) is 7.28. The molecule has 0 atom stereocenters. The third kappa shape index (κ3) is 3.77. The Kier molecular flexibility index (Phi) is 5.02. The number of aromatic amines is 1. The lowest BCUT2D eigenvalue weighted by atomic mass is 9.97. The molecule has 0 unspecified atom stereocenters. The van der Waals surface area contributed by atoms with Crippen LogP contribution in [0.4, 0.5) is 0 Å². The van der Waals surface area contributed by atoms with Gasteiger partial charge in [0.2, 0.25) is 5.91 Å². The highest BCUT2D eigenvalue weighted by molar-refractivity contribution is 7.18. The van der Waals surface area contributed by atoms with Crippen molar-refractivity contribution >= 4 is 50.0 Å². The number of piperidine rings is 1. The van der Waals surface area contributed by atoms with E-state index in [2.05, 4.69) is 17.1 Å². The molecular weight excluding hydrogens is 402 g/mol. The van der Waals surface area contributed by atoms with Gasteiger partial charge in [-0.25, -0.2) is 4.98 Å². The molecule has 1 N–H and O–H groups in total. The Morgan fingerprint density at radius 3 is 2.90 bits per heavy atom. The fourth-order valence-electron chi connectivity index (χ4n) is 4.21. The second-order valence-corrected chi connectivity index (χ2v) is 9.18. The third-order valence-electron chi connectivity index (χ3n) is 5.85. The SMILES string of the molecule is O=C(CCc1c[nH]c2ccccc12)N1CCC(c2nc3cc(Cl)ccc3s2)CC1. The van der Waals surface area contributed by atoms with Crippen molar-refractivity contribution in [2.45, 2.75) is 31.6 Å². The summed E-state index contributed by atoms with van der Waals surface area (Å²) in [5.41, 5.74) is 3.33. The number of fused-ring (bicyclic) bond motifs is 2. The number of aromatic nitrogens is 2. The smallest absolute Gasteiger partial charge is 0.222 e. The van der Waals surface area contributed by atoms with E-state index in [9.17, 15) is 4.79 Å². The molecule has 4 nitrogen and oxygen atoms in total. The molecule has 1 aliphatic rings. The fraction of sp³-hybridized carbons (Fsp3) is 0.304. The van der Waals surface area contributed by atoms with E-state index in [4.69, 9.17) is 16.6 Å². The number of amides is 1. The van der Waals surface area contributed by atoms with Gasteiger partial charge in [0.1, 0.15) is 0 Å². The topological polar surface area (TPSA) is 49.0 Å². The van der Waals surface area contributed by atoms with Gasteiger partial charge in [0, 0.05) is 47.6 Å². The number of hydrogen-bond acceptors (Lipinski definition) is 3. The molecule has 29 heavy (non-hydrogen) atoms. The summed E-state index contributed by atoms with van der Waals surface area (Å²) in [6.07, 6.45) is 5.33. The second-order valence-electron chi connectivity index (χ2n) is 7.68. The predicted octanol–water partition coefficient (Wildman–Crippen LogP) is 5.77. The molecule has 0 saturated carbocycles. The van der Waals surface area contributed by atoms with Crippen LogP contribution in [0.1, 0.15) is 35.8 Å². The predicted molar refractivity (Wildman–Crippen MR) is 120 cm³/mol. The zero-order chi connectivity index (χ0) is 19.8. The summed E-state index contributed by atoms with van der Waals surface area (Å²) in [5.74, 6) is 0.689.